The molecule has 1 aliphatic heterocycles. The second-order valence-electron chi connectivity index (χ2n) is 6.23. The second-order valence-corrected chi connectivity index (χ2v) is 6.23. The molecule has 0 amide bonds. The Balaban J connectivity index is 2.64. The highest BCUT2D eigenvalue weighted by Crippen LogP contribution is 2.36. The largest absolute Gasteiger partial charge is 0.469 e. The van der Waals surface area contributed by atoms with E-state index in [1.165, 1.54) is 24.9 Å². The number of esters is 2. The van der Waals surface area contributed by atoms with Gasteiger partial charge in [0.1, 0.15) is 6.04 Å². The number of pyridine rings is 1. The van der Waals surface area contributed by atoms with Crippen molar-refractivity contribution in [2.75, 3.05) is 28.3 Å². The highest BCUT2D eigenvalue weighted by molar-refractivity contribution is 5.83. The van der Waals surface area contributed by atoms with E-state index in [0.29, 0.717) is 24.1 Å². The van der Waals surface area contributed by atoms with Crippen molar-refractivity contribution in [1.82, 2.24) is 9.47 Å². The standard InChI is InChI=1S/C18H24N2O5/c1-6-13(17(22)24-4)11-7-14-12(10-19(2)3)8-15(18(23)25-5)20(14)16(21)9-11/h7,9-10,13,15H,6,8H2,1-5H3/b12-10+. The highest BCUT2D eigenvalue weighted by Gasteiger charge is 2.34. The SMILES string of the molecule is CCC(C(=O)OC)c1cc2n(c(=O)c1)C(C(=O)OC)C/C2=C\N(C)C. The van der Waals surface area contributed by atoms with Gasteiger partial charge in [0.05, 0.1) is 20.1 Å². The Labute approximate surface area is 146 Å². The molecule has 2 atom stereocenters. The van der Waals surface area contributed by atoms with Crippen LogP contribution in [0.4, 0.5) is 0 Å². The zero-order valence-corrected chi connectivity index (χ0v) is 15.2. The molecule has 136 valence electrons. The Morgan fingerprint density at radius 3 is 2.52 bits per heavy atom. The van der Waals surface area contributed by atoms with Crippen LogP contribution in [0.2, 0.25) is 0 Å². The molecule has 7 heteroatoms. The third-order valence-electron chi connectivity index (χ3n) is 4.33. The molecule has 0 saturated carbocycles. The number of hydrogen-bond acceptors (Lipinski definition) is 6. The average Bonchev–Trinajstić information content (AvgIpc) is 2.93. The highest BCUT2D eigenvalue weighted by atomic mass is 16.5. The zero-order valence-electron chi connectivity index (χ0n) is 15.2. The van der Waals surface area contributed by atoms with E-state index in [2.05, 4.69) is 0 Å². The Morgan fingerprint density at radius 1 is 1.32 bits per heavy atom. The van der Waals surface area contributed by atoms with Crippen molar-refractivity contribution < 1.29 is 19.1 Å². The first-order valence-electron chi connectivity index (χ1n) is 8.13. The fourth-order valence-corrected chi connectivity index (χ4v) is 3.21. The number of methoxy groups -OCH3 is 2. The lowest BCUT2D eigenvalue weighted by atomic mass is 9.96. The minimum atomic E-state index is -0.689. The van der Waals surface area contributed by atoms with Gasteiger partial charge in [-0.05, 0) is 23.6 Å². The second kappa shape index (κ2) is 7.55. The monoisotopic (exact) mass is 348 g/mol. The van der Waals surface area contributed by atoms with Crippen molar-refractivity contribution in [3.05, 3.63) is 39.9 Å². The molecular weight excluding hydrogens is 324 g/mol. The number of fused-ring (bicyclic) bond motifs is 1. The topological polar surface area (TPSA) is 77.8 Å². The minimum Gasteiger partial charge on any atom is -0.469 e. The van der Waals surface area contributed by atoms with E-state index in [1.807, 2.05) is 32.1 Å². The third kappa shape index (κ3) is 3.60. The lowest BCUT2D eigenvalue weighted by molar-refractivity contribution is -0.144. The summed E-state index contributed by atoms with van der Waals surface area (Å²) in [6, 6.07) is 2.51. The third-order valence-corrected chi connectivity index (χ3v) is 4.33. The summed E-state index contributed by atoms with van der Waals surface area (Å²) in [6.07, 6.45) is 2.76. The number of hydrogen-bond donors (Lipinski definition) is 0. The lowest BCUT2D eigenvalue weighted by Crippen LogP contribution is -2.29. The average molecular weight is 348 g/mol. The molecule has 25 heavy (non-hydrogen) atoms. The molecule has 0 radical (unpaired) electrons. The Bertz CT molecular complexity index is 763. The van der Waals surface area contributed by atoms with Crippen molar-refractivity contribution in [3.8, 4) is 0 Å². The van der Waals surface area contributed by atoms with Gasteiger partial charge in [0.2, 0.25) is 0 Å². The van der Waals surface area contributed by atoms with Gasteiger partial charge in [0.15, 0.2) is 0 Å². The van der Waals surface area contributed by atoms with Crippen LogP contribution in [0.3, 0.4) is 0 Å². The first kappa shape index (κ1) is 18.8. The molecule has 1 aromatic heterocycles. The molecule has 2 unspecified atom stereocenters. The van der Waals surface area contributed by atoms with Crippen LogP contribution in [0.1, 0.15) is 43.0 Å². The molecular formula is C18H24N2O5. The molecule has 0 aliphatic carbocycles. The number of nitrogens with zero attached hydrogens (tertiary/aromatic N) is 2. The van der Waals surface area contributed by atoms with Gasteiger partial charge < -0.3 is 14.4 Å². The summed E-state index contributed by atoms with van der Waals surface area (Å²) >= 11 is 0. The van der Waals surface area contributed by atoms with Gasteiger partial charge in [-0.15, -0.1) is 0 Å². The van der Waals surface area contributed by atoms with Crippen LogP contribution in [0.5, 0.6) is 0 Å². The number of rotatable bonds is 5. The zero-order chi connectivity index (χ0) is 18.7. The summed E-state index contributed by atoms with van der Waals surface area (Å²) in [4.78, 5) is 38.6. The smallest absolute Gasteiger partial charge is 0.329 e. The van der Waals surface area contributed by atoms with Crippen molar-refractivity contribution in [2.24, 2.45) is 0 Å². The molecule has 2 rings (SSSR count). The van der Waals surface area contributed by atoms with Crippen LogP contribution in [0.25, 0.3) is 5.57 Å². The van der Waals surface area contributed by atoms with Crippen LogP contribution in [0, 0.1) is 0 Å². The molecule has 7 nitrogen and oxygen atoms in total. The number of allylic oxidation sites excluding steroid dienone is 1. The summed E-state index contributed by atoms with van der Waals surface area (Å²) in [7, 11) is 6.37. The predicted molar refractivity (Wildman–Crippen MR) is 93.1 cm³/mol. The van der Waals surface area contributed by atoms with Gasteiger partial charge in [-0.1, -0.05) is 6.92 Å². The number of ether oxygens (including phenoxy) is 2. The summed E-state index contributed by atoms with van der Waals surface area (Å²) in [5, 5.41) is 0. The molecule has 1 aromatic rings. The van der Waals surface area contributed by atoms with E-state index in [1.54, 1.807) is 6.07 Å². The normalized spacial score (nSPS) is 18.6. The van der Waals surface area contributed by atoms with E-state index < -0.39 is 17.9 Å². The summed E-state index contributed by atoms with van der Waals surface area (Å²) < 4.78 is 11.1. The fraction of sp³-hybridized carbons (Fsp3) is 0.500. The maximum absolute atomic E-state index is 12.7. The van der Waals surface area contributed by atoms with Crippen molar-refractivity contribution in [2.45, 2.75) is 31.7 Å². The van der Waals surface area contributed by atoms with Crippen LogP contribution >= 0.6 is 0 Å². The molecule has 0 N–H and O–H groups in total. The van der Waals surface area contributed by atoms with Gasteiger partial charge in [-0.3, -0.25) is 14.2 Å². The van der Waals surface area contributed by atoms with Gasteiger partial charge in [-0.2, -0.15) is 0 Å². The molecule has 0 aromatic carbocycles. The molecule has 0 spiro atoms. The van der Waals surface area contributed by atoms with E-state index in [4.69, 9.17) is 9.47 Å². The molecule has 1 aliphatic rings. The van der Waals surface area contributed by atoms with E-state index in [9.17, 15) is 14.4 Å². The van der Waals surface area contributed by atoms with Crippen LogP contribution in [0.15, 0.2) is 23.1 Å². The van der Waals surface area contributed by atoms with Crippen LogP contribution in [-0.2, 0) is 19.1 Å². The molecule has 2 heterocycles. The minimum absolute atomic E-state index is 0.326. The van der Waals surface area contributed by atoms with Crippen LogP contribution in [-0.4, -0.2) is 49.7 Å². The Kier molecular flexibility index (Phi) is 5.66. The maximum atomic E-state index is 12.7. The summed E-state index contributed by atoms with van der Waals surface area (Å²) in [5.41, 5.74) is 1.75. The first-order chi connectivity index (χ1) is 11.8. The van der Waals surface area contributed by atoms with Crippen molar-refractivity contribution >= 4 is 17.5 Å². The van der Waals surface area contributed by atoms with E-state index in [-0.39, 0.29) is 11.5 Å². The molecule has 0 bridgehead atoms. The van der Waals surface area contributed by atoms with E-state index >= 15 is 0 Å². The van der Waals surface area contributed by atoms with Crippen molar-refractivity contribution in [3.63, 3.8) is 0 Å². The van der Waals surface area contributed by atoms with Gasteiger partial charge in [0.25, 0.3) is 5.56 Å². The quantitative estimate of drug-likeness (QED) is 0.751. The van der Waals surface area contributed by atoms with Crippen molar-refractivity contribution in [1.29, 1.82) is 0 Å². The number of carbonyl (C=O) groups is 2. The first-order valence-corrected chi connectivity index (χ1v) is 8.13. The number of carbonyl (C=O) groups excluding carboxylic acids is 2. The predicted octanol–water partition coefficient (Wildman–Crippen LogP) is 1.54. The Morgan fingerprint density at radius 2 is 2.00 bits per heavy atom. The van der Waals surface area contributed by atoms with Gasteiger partial charge in [0, 0.05) is 38.5 Å². The maximum Gasteiger partial charge on any atom is 0.329 e. The van der Waals surface area contributed by atoms with E-state index in [0.717, 1.165) is 5.57 Å². The lowest BCUT2D eigenvalue weighted by Gasteiger charge is -2.16. The Hall–Kier alpha value is -2.57. The molecule has 0 fully saturated rings. The number of aromatic nitrogens is 1. The summed E-state index contributed by atoms with van der Waals surface area (Å²) in [5.74, 6) is -1.35. The summed E-state index contributed by atoms with van der Waals surface area (Å²) in [6.45, 7) is 1.86. The van der Waals surface area contributed by atoms with Crippen LogP contribution < -0.4 is 5.56 Å². The van der Waals surface area contributed by atoms with Gasteiger partial charge >= 0.3 is 11.9 Å². The van der Waals surface area contributed by atoms with Gasteiger partial charge in [-0.25, -0.2) is 4.79 Å². The fourth-order valence-electron chi connectivity index (χ4n) is 3.21. The molecule has 0 saturated heterocycles.